The molecular weight excluding hydrogens is 580 g/mol. The summed E-state index contributed by atoms with van der Waals surface area (Å²) in [6, 6.07) is 14.0. The second-order valence-corrected chi connectivity index (χ2v) is 16.7. The summed E-state index contributed by atoms with van der Waals surface area (Å²) in [4.78, 5) is 0. The average molecular weight is 645 g/mol. The molecule has 0 amide bonds. The first-order chi connectivity index (χ1) is 22.2. The van der Waals surface area contributed by atoms with Crippen molar-refractivity contribution in [1.82, 2.24) is 4.48 Å². The third-order valence-electron chi connectivity index (χ3n) is 12.1. The van der Waals surface area contributed by atoms with Gasteiger partial charge in [0.25, 0.3) is 0 Å². The number of hydrogen-bond acceptors (Lipinski definition) is 4. The first-order valence-electron chi connectivity index (χ1n) is 19.1. The van der Waals surface area contributed by atoms with Crippen molar-refractivity contribution in [3.05, 3.63) is 36.4 Å². The Kier molecular flexibility index (Phi) is 11.2. The van der Waals surface area contributed by atoms with E-state index in [-0.39, 0.29) is 36.6 Å². The van der Waals surface area contributed by atoms with Crippen molar-refractivity contribution in [2.75, 3.05) is 13.1 Å². The summed E-state index contributed by atoms with van der Waals surface area (Å²) in [5.74, 6) is 0. The first-order valence-corrected chi connectivity index (χ1v) is 19.1. The second kappa shape index (κ2) is 14.3. The number of hydrogen-bond donors (Lipinski definition) is 0. The van der Waals surface area contributed by atoms with Crippen molar-refractivity contribution in [2.45, 2.75) is 169 Å². The van der Waals surface area contributed by atoms with E-state index in [4.69, 9.17) is 18.6 Å². The van der Waals surface area contributed by atoms with Gasteiger partial charge < -0.3 is 18.6 Å². The molecule has 5 rings (SSSR count). The van der Waals surface area contributed by atoms with Crippen molar-refractivity contribution in [2.24, 2.45) is 0 Å². The van der Waals surface area contributed by atoms with E-state index in [1.54, 1.807) is 0 Å². The Morgan fingerprint density at radius 2 is 0.787 bits per heavy atom. The summed E-state index contributed by atoms with van der Waals surface area (Å²) in [7, 11) is -0.751. The van der Waals surface area contributed by atoms with Gasteiger partial charge in [-0.05, 0) is 116 Å². The van der Waals surface area contributed by atoms with Crippen LogP contribution in [0.15, 0.2) is 36.4 Å². The monoisotopic (exact) mass is 645 g/mol. The van der Waals surface area contributed by atoms with E-state index < -0.39 is 0 Å². The Morgan fingerprint density at radius 3 is 1.13 bits per heavy atom. The van der Waals surface area contributed by atoms with Crippen molar-refractivity contribution >= 4 is 36.5 Å². The Bertz CT molecular complexity index is 1230. The van der Waals surface area contributed by atoms with Crippen molar-refractivity contribution in [3.8, 4) is 11.1 Å². The van der Waals surface area contributed by atoms with Gasteiger partial charge in [-0.2, -0.15) is 0 Å². The highest BCUT2D eigenvalue weighted by Crippen LogP contribution is 2.53. The zero-order chi connectivity index (χ0) is 34.1. The van der Waals surface area contributed by atoms with E-state index in [1.807, 2.05) is 0 Å². The minimum Gasteiger partial charge on any atom is -0.399 e. The van der Waals surface area contributed by atoms with E-state index in [1.165, 1.54) is 99.6 Å². The van der Waals surface area contributed by atoms with Gasteiger partial charge in [-0.1, -0.05) is 77.3 Å². The maximum absolute atomic E-state index is 6.59. The molecule has 47 heavy (non-hydrogen) atoms. The number of quaternary nitrogens is 1. The predicted molar refractivity (Wildman–Crippen MR) is 201 cm³/mol. The molecule has 5 nitrogen and oxygen atoms in total. The van der Waals surface area contributed by atoms with Crippen molar-refractivity contribution < 1.29 is 18.6 Å². The number of benzene rings is 2. The molecule has 258 valence electrons. The van der Waals surface area contributed by atoms with Gasteiger partial charge in [0.1, 0.15) is 11.4 Å². The molecule has 0 unspecified atom stereocenters. The van der Waals surface area contributed by atoms with Crippen LogP contribution >= 0.6 is 0 Å². The Hall–Kier alpha value is -1.63. The van der Waals surface area contributed by atoms with E-state index in [9.17, 15) is 0 Å². The molecule has 2 aromatic rings. The Balaban J connectivity index is 1.55. The largest absolute Gasteiger partial charge is 0.495 e. The van der Waals surface area contributed by atoms with Crippen LogP contribution in [0.25, 0.3) is 11.1 Å². The fourth-order valence-electron chi connectivity index (χ4n) is 7.56. The number of nitrogens with zero attached hydrogens (tertiary/aromatic N) is 1. The summed E-state index contributed by atoms with van der Waals surface area (Å²) in [5, 5.41) is 0. The summed E-state index contributed by atoms with van der Waals surface area (Å²) in [6.07, 6.45) is 15.5. The van der Waals surface area contributed by atoms with Crippen molar-refractivity contribution in [1.29, 1.82) is 0 Å². The lowest BCUT2D eigenvalue weighted by molar-refractivity contribution is 0.00578. The maximum Gasteiger partial charge on any atom is 0.495 e. The molecule has 2 saturated heterocycles. The topological polar surface area (TPSA) is 36.9 Å². The fourth-order valence-corrected chi connectivity index (χ4v) is 7.56. The molecule has 0 radical (unpaired) electrons. The average Bonchev–Trinajstić information content (AvgIpc) is 3.50. The van der Waals surface area contributed by atoms with Gasteiger partial charge in [-0.3, -0.25) is 4.48 Å². The van der Waals surface area contributed by atoms with Crippen LogP contribution in [-0.2, 0) is 18.6 Å². The van der Waals surface area contributed by atoms with Gasteiger partial charge >= 0.3 is 14.2 Å². The molecule has 7 heteroatoms. The number of rotatable bonds is 16. The Morgan fingerprint density at radius 1 is 0.468 bits per heavy atom. The van der Waals surface area contributed by atoms with Crippen LogP contribution in [-0.4, -0.2) is 49.7 Å². The highest BCUT2D eigenvalue weighted by atomic mass is 16.7. The van der Waals surface area contributed by atoms with Gasteiger partial charge in [0, 0.05) is 11.1 Å². The molecule has 3 aliphatic heterocycles. The lowest BCUT2D eigenvalue weighted by atomic mass is 9.77. The van der Waals surface area contributed by atoms with E-state index in [0.717, 1.165) is 28.5 Å². The molecule has 0 spiro atoms. The SMILES string of the molecule is CCCCCCCC[N+]1(CCCCCCCC)c2cc(B3OC(C)(C)C(C)(C)O3)ccc2-c2ccc(B3OC(C)(C)C(C)(C)O3)cc21. The number of fused-ring (bicyclic) bond motifs is 3. The van der Waals surface area contributed by atoms with E-state index in [0.29, 0.717) is 0 Å². The van der Waals surface area contributed by atoms with Gasteiger partial charge in [0.2, 0.25) is 0 Å². The fraction of sp³-hybridized carbons (Fsp3) is 0.700. The van der Waals surface area contributed by atoms with Crippen LogP contribution < -0.4 is 15.4 Å². The lowest BCUT2D eigenvalue weighted by Gasteiger charge is -2.36. The third kappa shape index (κ3) is 7.31. The molecule has 2 fully saturated rings. The standard InChI is InChI=1S/C40H64B2NO4/c1-11-13-15-17-19-21-27-43(28-22-20-18-16-14-12-2)35-29-31(41-44-37(3,4)38(5,6)45-41)23-25-33(35)34-26-24-32(30-36(34)43)42-46-39(7,8)40(9,10)47-42/h23-26,29-30H,11-22,27-28H2,1-10H3/q+1. The summed E-state index contributed by atoms with van der Waals surface area (Å²) < 4.78 is 27.2. The molecule has 0 saturated carbocycles. The molecule has 3 heterocycles. The summed E-state index contributed by atoms with van der Waals surface area (Å²) in [6.45, 7) is 23.9. The smallest absolute Gasteiger partial charge is 0.399 e. The highest BCUT2D eigenvalue weighted by Gasteiger charge is 2.54. The van der Waals surface area contributed by atoms with Crippen LogP contribution in [0.4, 0.5) is 11.4 Å². The molecule has 3 aliphatic rings. The molecule has 0 aromatic heterocycles. The molecular formula is C40H64B2NO4+. The van der Waals surface area contributed by atoms with Crippen LogP contribution in [0.2, 0.25) is 0 Å². The normalized spacial score (nSPS) is 21.3. The van der Waals surface area contributed by atoms with Crippen LogP contribution in [0.3, 0.4) is 0 Å². The number of unbranched alkanes of at least 4 members (excludes halogenated alkanes) is 10. The first kappa shape index (κ1) is 36.6. The highest BCUT2D eigenvalue weighted by molar-refractivity contribution is 6.63. The lowest BCUT2D eigenvalue weighted by Crippen LogP contribution is -2.46. The van der Waals surface area contributed by atoms with Crippen LogP contribution in [0.5, 0.6) is 0 Å². The van der Waals surface area contributed by atoms with Gasteiger partial charge in [0.05, 0.1) is 35.5 Å². The van der Waals surface area contributed by atoms with E-state index >= 15 is 0 Å². The molecule has 0 bridgehead atoms. The van der Waals surface area contributed by atoms with Crippen LogP contribution in [0.1, 0.15) is 146 Å². The van der Waals surface area contributed by atoms with Crippen molar-refractivity contribution in [3.63, 3.8) is 0 Å². The zero-order valence-electron chi connectivity index (χ0n) is 31.6. The quantitative estimate of drug-likeness (QED) is 0.104. The zero-order valence-corrected chi connectivity index (χ0v) is 31.6. The molecule has 0 aliphatic carbocycles. The summed E-state index contributed by atoms with van der Waals surface area (Å²) in [5.41, 5.74) is 6.24. The molecule has 0 atom stereocenters. The minimum absolute atomic E-state index is 0.375. The summed E-state index contributed by atoms with van der Waals surface area (Å²) >= 11 is 0. The minimum atomic E-state index is -0.376. The Labute approximate surface area is 288 Å². The predicted octanol–water partition coefficient (Wildman–Crippen LogP) is 9.63. The second-order valence-electron chi connectivity index (χ2n) is 16.7. The molecule has 0 N–H and O–H groups in total. The van der Waals surface area contributed by atoms with Gasteiger partial charge in [-0.15, -0.1) is 0 Å². The molecule has 2 aromatic carbocycles. The van der Waals surface area contributed by atoms with Gasteiger partial charge in [-0.25, -0.2) is 0 Å². The van der Waals surface area contributed by atoms with Crippen LogP contribution in [0, 0.1) is 0 Å². The van der Waals surface area contributed by atoms with E-state index in [2.05, 4.69) is 106 Å². The van der Waals surface area contributed by atoms with Gasteiger partial charge in [0.15, 0.2) is 0 Å². The third-order valence-corrected chi connectivity index (χ3v) is 12.1. The maximum atomic E-state index is 6.59.